The predicted molar refractivity (Wildman–Crippen MR) is 309 cm³/mol. The van der Waals surface area contributed by atoms with Crippen LogP contribution in [0.5, 0.6) is 0 Å². The molecule has 2 aromatic rings. The van der Waals surface area contributed by atoms with Crippen LogP contribution in [-0.4, -0.2) is 84.7 Å². The van der Waals surface area contributed by atoms with Gasteiger partial charge < -0.3 is 23.7 Å². The number of halogens is 1. The van der Waals surface area contributed by atoms with Crippen molar-refractivity contribution in [1.29, 1.82) is 0 Å². The number of aromatic nitrogens is 1. The number of hydrogen-bond acceptors (Lipinski definition) is 11. The Balaban J connectivity index is 1.17. The molecule has 1 aliphatic carbocycles. The highest BCUT2D eigenvalue weighted by molar-refractivity contribution is 9.10. The minimum atomic E-state index is -1.20. The topological polar surface area (TPSA) is 140 Å². The zero-order chi connectivity index (χ0) is 54.8. The second-order valence-corrected chi connectivity index (χ2v) is 22.3. The highest BCUT2D eigenvalue weighted by Crippen LogP contribution is 2.44. The van der Waals surface area contributed by atoms with Crippen LogP contribution in [0.3, 0.4) is 0 Å². The summed E-state index contributed by atoms with van der Waals surface area (Å²) < 4.78 is 30.1. The number of benzene rings is 1. The Kier molecular flexibility index (Phi) is 32.5. The van der Waals surface area contributed by atoms with Gasteiger partial charge in [-0.15, -0.1) is 0 Å². The molecule has 0 radical (unpaired) electrons. The van der Waals surface area contributed by atoms with E-state index in [2.05, 4.69) is 78.2 Å². The van der Waals surface area contributed by atoms with E-state index in [-0.39, 0.29) is 44.9 Å². The molecule has 1 aromatic heterocycles. The van der Waals surface area contributed by atoms with Crippen LogP contribution >= 0.6 is 15.9 Å². The summed E-state index contributed by atoms with van der Waals surface area (Å²) in [5.41, 5.74) is 4.12. The maximum absolute atomic E-state index is 13.7. The van der Waals surface area contributed by atoms with Gasteiger partial charge in [0.05, 0.1) is 10.1 Å². The van der Waals surface area contributed by atoms with E-state index in [1.54, 1.807) is 6.92 Å². The van der Waals surface area contributed by atoms with Gasteiger partial charge in [-0.05, 0) is 129 Å². The van der Waals surface area contributed by atoms with Crippen molar-refractivity contribution in [2.24, 2.45) is 5.92 Å². The minimum Gasteiger partial charge on any atom is -0.462 e. The summed E-state index contributed by atoms with van der Waals surface area (Å²) in [5, 5.41) is 1.01. The van der Waals surface area contributed by atoms with E-state index < -0.39 is 48.3 Å². The zero-order valence-corrected chi connectivity index (χ0v) is 49.1. The number of allylic oxidation sites excluding steroid dienone is 4. The maximum Gasteiger partial charge on any atom is 0.422 e. The van der Waals surface area contributed by atoms with Crippen LogP contribution in [0.4, 0.5) is 4.79 Å². The number of carbonyl (C=O) groups is 5. The lowest BCUT2D eigenvalue weighted by Gasteiger charge is -2.36. The molecule has 2 aliphatic rings. The molecule has 3 unspecified atom stereocenters. The van der Waals surface area contributed by atoms with Crippen LogP contribution in [0.15, 0.2) is 53.2 Å². The van der Waals surface area contributed by atoms with Gasteiger partial charge in [0.15, 0.2) is 6.10 Å². The lowest BCUT2D eigenvalue weighted by Crippen LogP contribution is -2.39. The molecule has 0 saturated heterocycles. The molecule has 0 amide bonds. The number of hydrogen-bond donors (Lipinski definition) is 0. The molecule has 13 heteroatoms. The van der Waals surface area contributed by atoms with Gasteiger partial charge in [0.25, 0.3) is 0 Å². The van der Waals surface area contributed by atoms with E-state index >= 15 is 0 Å². The highest BCUT2D eigenvalue weighted by atomic mass is 79.9. The molecule has 76 heavy (non-hydrogen) atoms. The van der Waals surface area contributed by atoms with E-state index in [0.717, 1.165) is 113 Å². The Morgan fingerprint density at radius 3 is 1.61 bits per heavy atom. The van der Waals surface area contributed by atoms with Crippen molar-refractivity contribution >= 4 is 62.4 Å². The molecule has 1 aliphatic heterocycles. The molecular weight excluding hydrogens is 1020 g/mol. The Bertz CT molecular complexity index is 2070. The van der Waals surface area contributed by atoms with Crippen molar-refractivity contribution in [3.8, 4) is 0 Å². The van der Waals surface area contributed by atoms with Crippen molar-refractivity contribution in [1.82, 2.24) is 9.47 Å². The number of esters is 4. The third-order valence-corrected chi connectivity index (χ3v) is 15.5. The monoisotopic (exact) mass is 1120 g/mol. The van der Waals surface area contributed by atoms with Crippen LogP contribution < -0.4 is 0 Å². The fraction of sp³-hybridized carbons (Fsp3) is 0.698. The number of rotatable bonds is 41. The molecule has 0 saturated carbocycles. The van der Waals surface area contributed by atoms with E-state index in [4.69, 9.17) is 23.7 Å². The van der Waals surface area contributed by atoms with Crippen LogP contribution in [-0.2, 0) is 49.3 Å². The highest BCUT2D eigenvalue weighted by Gasteiger charge is 2.35. The van der Waals surface area contributed by atoms with Crippen molar-refractivity contribution in [2.75, 3.05) is 26.8 Å². The van der Waals surface area contributed by atoms with Crippen molar-refractivity contribution < 1.29 is 47.7 Å². The number of fused-ring (bicyclic) bond motifs is 2. The van der Waals surface area contributed by atoms with Gasteiger partial charge in [0.1, 0.15) is 13.2 Å². The molecule has 426 valence electrons. The Labute approximate surface area is 466 Å². The van der Waals surface area contributed by atoms with Crippen LogP contribution in [0.25, 0.3) is 16.5 Å². The maximum atomic E-state index is 13.7. The standard InChI is InChI=1S/C63H97BrN2O10/c1-6-8-10-12-14-16-18-20-22-24-26-28-30-32-34-41-57(67)72-47-51(48-73-58(68)42-35-33-31-29-27-25-23-21-19-17-15-13-11-9-7-2)76-60(70)45-49(3)44-59(69)74-50(4)75-63(71)66-55-40-36-38-53-52-39-37-43-65(5)56(52)46-54(61(53)55)62(66)64/h20-23,36,38-40,49-51,56H,6-19,24-35,37,41-48H2,1-5H3/b22-20-,23-21-. The van der Waals surface area contributed by atoms with Crippen molar-refractivity contribution in [3.05, 3.63) is 64.3 Å². The van der Waals surface area contributed by atoms with Crippen LogP contribution in [0.1, 0.15) is 238 Å². The molecule has 3 atom stereocenters. The molecule has 0 bridgehead atoms. The molecule has 4 rings (SSSR count). The fourth-order valence-corrected chi connectivity index (χ4v) is 11.0. The molecule has 0 N–H and O–H groups in total. The smallest absolute Gasteiger partial charge is 0.422 e. The second kappa shape index (κ2) is 38.4. The van der Waals surface area contributed by atoms with Gasteiger partial charge in [-0.2, -0.15) is 0 Å². The number of unbranched alkanes of at least 4 members (excludes halogenated alkanes) is 22. The normalized spacial score (nSPS) is 15.2. The summed E-state index contributed by atoms with van der Waals surface area (Å²) in [4.78, 5) is 68.0. The molecule has 1 aromatic carbocycles. The Hall–Kier alpha value is -4.23. The van der Waals surface area contributed by atoms with E-state index in [9.17, 15) is 24.0 Å². The summed E-state index contributed by atoms with van der Waals surface area (Å²) in [6.45, 7) is 8.16. The average molecular weight is 1120 g/mol. The predicted octanol–water partition coefficient (Wildman–Crippen LogP) is 16.4. The number of ether oxygens (including phenoxy) is 5. The zero-order valence-electron chi connectivity index (χ0n) is 47.5. The number of likely N-dealkylation sites (N-methyl/N-ethyl adjacent to an activating group) is 1. The summed E-state index contributed by atoms with van der Waals surface area (Å²) in [6.07, 6.45) is 40.7. The van der Waals surface area contributed by atoms with E-state index in [0.29, 0.717) is 23.0 Å². The van der Waals surface area contributed by atoms with Crippen molar-refractivity contribution in [3.63, 3.8) is 0 Å². The Morgan fingerprint density at radius 1 is 0.618 bits per heavy atom. The summed E-state index contributed by atoms with van der Waals surface area (Å²) >= 11 is 3.69. The van der Waals surface area contributed by atoms with Gasteiger partial charge in [0, 0.05) is 50.6 Å². The van der Waals surface area contributed by atoms with Crippen LogP contribution in [0.2, 0.25) is 0 Å². The molecule has 0 spiro atoms. The summed E-state index contributed by atoms with van der Waals surface area (Å²) in [5.74, 6) is -2.58. The van der Waals surface area contributed by atoms with E-state index in [1.807, 2.05) is 12.1 Å². The average Bonchev–Trinajstić information content (AvgIpc) is 3.74. The quantitative estimate of drug-likeness (QED) is 0.0207. The molecule has 12 nitrogen and oxygen atoms in total. The number of nitrogens with zero attached hydrogens (tertiary/aromatic N) is 2. The largest absolute Gasteiger partial charge is 0.462 e. The van der Waals surface area contributed by atoms with Gasteiger partial charge >= 0.3 is 30.0 Å². The SMILES string of the molecule is CCCCCCCC/C=C\CCCCCCCC(=O)OCC(COC(=O)CCCCCCC/C=C\CCCCCCCC)OC(=O)CC(C)CC(=O)OC(C)OC(=O)n1c(Br)c2c3c(cccc31)C1=CCCN(C)C1C2. The first kappa shape index (κ1) is 64.3. The second-order valence-electron chi connectivity index (χ2n) is 21.6. The fourth-order valence-electron chi connectivity index (χ4n) is 10.3. The lowest BCUT2D eigenvalue weighted by atomic mass is 9.82. The Morgan fingerprint density at radius 2 is 1.09 bits per heavy atom. The first-order valence-corrected chi connectivity index (χ1v) is 30.7. The first-order valence-electron chi connectivity index (χ1n) is 29.9. The van der Waals surface area contributed by atoms with Gasteiger partial charge in [-0.3, -0.25) is 24.1 Å². The summed E-state index contributed by atoms with van der Waals surface area (Å²) in [7, 11) is 2.12. The molecule has 2 heterocycles. The first-order chi connectivity index (χ1) is 36.9. The number of carbonyl (C=O) groups excluding carboxylic acids is 5. The minimum absolute atomic E-state index is 0.147. The molecular formula is C63H97BrN2O10. The van der Waals surface area contributed by atoms with Crippen LogP contribution in [0, 0.1) is 5.92 Å². The van der Waals surface area contributed by atoms with Gasteiger partial charge in [-0.1, -0.05) is 166 Å². The van der Waals surface area contributed by atoms with Gasteiger partial charge in [0.2, 0.25) is 6.29 Å². The van der Waals surface area contributed by atoms with Gasteiger partial charge in [-0.25, -0.2) is 9.36 Å². The molecule has 0 fully saturated rings. The summed E-state index contributed by atoms with van der Waals surface area (Å²) in [6, 6.07) is 6.14. The van der Waals surface area contributed by atoms with E-state index in [1.165, 1.54) is 94.1 Å². The lowest BCUT2D eigenvalue weighted by molar-refractivity contribution is -0.169. The van der Waals surface area contributed by atoms with Crippen molar-refractivity contribution in [2.45, 2.75) is 252 Å². The third kappa shape index (κ3) is 24.6. The third-order valence-electron chi connectivity index (χ3n) is 14.7.